The van der Waals surface area contributed by atoms with E-state index in [1.807, 2.05) is 35.0 Å². The minimum absolute atomic E-state index is 0.245. The zero-order valence-corrected chi connectivity index (χ0v) is 17.4. The lowest BCUT2D eigenvalue weighted by molar-refractivity contribution is -0.0205. The lowest BCUT2D eigenvalue weighted by Gasteiger charge is -2.40. The third-order valence-electron chi connectivity index (χ3n) is 5.59. The summed E-state index contributed by atoms with van der Waals surface area (Å²) in [6, 6.07) is 7.06. The molecule has 0 aromatic carbocycles. The highest BCUT2D eigenvalue weighted by atomic mass is 32.1. The first-order valence-electron chi connectivity index (χ1n) is 10.1. The molecule has 0 radical (unpaired) electrons. The SMILES string of the molecule is O=C(NCC1OC(CO)C(O)C1N1CCN(c2ccccn2)CC1)Nc1ccsc1. The number of nitrogens with one attached hydrogen (secondary N) is 2. The number of hydrogen-bond donors (Lipinski definition) is 4. The van der Waals surface area contributed by atoms with E-state index < -0.39 is 18.3 Å². The first-order chi connectivity index (χ1) is 14.7. The van der Waals surface area contributed by atoms with Crippen LogP contribution < -0.4 is 15.5 Å². The summed E-state index contributed by atoms with van der Waals surface area (Å²) in [6.07, 6.45) is -0.101. The molecule has 10 heteroatoms. The highest BCUT2D eigenvalue weighted by Crippen LogP contribution is 2.27. The van der Waals surface area contributed by atoms with Gasteiger partial charge >= 0.3 is 6.03 Å². The Morgan fingerprint density at radius 3 is 2.73 bits per heavy atom. The number of hydrogen-bond acceptors (Lipinski definition) is 8. The second kappa shape index (κ2) is 9.71. The van der Waals surface area contributed by atoms with Crippen LogP contribution in [0.3, 0.4) is 0 Å². The molecule has 162 valence electrons. The van der Waals surface area contributed by atoms with Gasteiger partial charge in [0.15, 0.2) is 0 Å². The Hall–Kier alpha value is -2.24. The Labute approximate surface area is 179 Å². The summed E-state index contributed by atoms with van der Waals surface area (Å²) in [5.74, 6) is 0.942. The second-order valence-corrected chi connectivity index (χ2v) is 8.21. The van der Waals surface area contributed by atoms with E-state index in [2.05, 4.69) is 25.4 Å². The smallest absolute Gasteiger partial charge is 0.319 e. The van der Waals surface area contributed by atoms with Gasteiger partial charge in [-0.25, -0.2) is 9.78 Å². The van der Waals surface area contributed by atoms with Gasteiger partial charge in [0.25, 0.3) is 0 Å². The van der Waals surface area contributed by atoms with E-state index in [0.29, 0.717) is 0 Å². The van der Waals surface area contributed by atoms with Gasteiger partial charge in [-0.3, -0.25) is 4.90 Å². The standard InChI is InChI=1S/C20H27N5O4S/c26-12-16-19(27)18(15(29-16)11-22-20(28)23-14-4-10-30-13-14)25-8-6-24(7-9-25)17-3-1-2-5-21-17/h1-5,10,13,15-16,18-19,26-27H,6-9,11-12H2,(H2,22,23,28). The molecule has 2 saturated heterocycles. The summed E-state index contributed by atoms with van der Waals surface area (Å²) < 4.78 is 5.88. The summed E-state index contributed by atoms with van der Waals surface area (Å²) in [4.78, 5) is 21.0. The molecule has 2 aliphatic rings. The van der Waals surface area contributed by atoms with E-state index in [9.17, 15) is 15.0 Å². The molecule has 30 heavy (non-hydrogen) atoms. The Morgan fingerprint density at radius 1 is 1.23 bits per heavy atom. The molecule has 4 N–H and O–H groups in total. The molecular formula is C20H27N5O4S. The first kappa shape index (κ1) is 21.0. The number of urea groups is 1. The number of aliphatic hydroxyl groups excluding tert-OH is 2. The zero-order chi connectivity index (χ0) is 20.9. The average molecular weight is 434 g/mol. The number of rotatable bonds is 6. The van der Waals surface area contributed by atoms with Gasteiger partial charge in [-0.1, -0.05) is 6.07 Å². The summed E-state index contributed by atoms with van der Waals surface area (Å²) in [5, 5.41) is 29.7. The maximum atomic E-state index is 12.2. The highest BCUT2D eigenvalue weighted by Gasteiger charge is 2.46. The van der Waals surface area contributed by atoms with Crippen LogP contribution in [0.15, 0.2) is 41.2 Å². The van der Waals surface area contributed by atoms with Gasteiger partial charge in [0, 0.05) is 44.3 Å². The average Bonchev–Trinajstić information content (AvgIpc) is 3.40. The number of ether oxygens (including phenoxy) is 1. The quantitative estimate of drug-likeness (QED) is 0.527. The van der Waals surface area contributed by atoms with Crippen LogP contribution >= 0.6 is 11.3 Å². The van der Waals surface area contributed by atoms with Crippen LogP contribution in [0.25, 0.3) is 0 Å². The van der Waals surface area contributed by atoms with E-state index >= 15 is 0 Å². The predicted molar refractivity (Wildman–Crippen MR) is 115 cm³/mol. The summed E-state index contributed by atoms with van der Waals surface area (Å²) in [6.45, 7) is 3.01. The molecule has 0 saturated carbocycles. The van der Waals surface area contributed by atoms with Crippen molar-refractivity contribution in [2.45, 2.75) is 24.4 Å². The fraction of sp³-hybridized carbons (Fsp3) is 0.500. The lowest BCUT2D eigenvalue weighted by atomic mass is 10.0. The van der Waals surface area contributed by atoms with E-state index in [4.69, 9.17) is 4.74 Å². The van der Waals surface area contributed by atoms with Crippen LogP contribution in [0.4, 0.5) is 16.3 Å². The van der Waals surface area contributed by atoms with Crippen molar-refractivity contribution < 1.29 is 19.7 Å². The number of aliphatic hydroxyl groups is 2. The van der Waals surface area contributed by atoms with Crippen molar-refractivity contribution in [1.82, 2.24) is 15.2 Å². The van der Waals surface area contributed by atoms with E-state index in [1.54, 1.807) is 6.20 Å². The van der Waals surface area contributed by atoms with Crippen LogP contribution in [0, 0.1) is 0 Å². The molecule has 4 heterocycles. The van der Waals surface area contributed by atoms with Gasteiger partial charge in [0.05, 0.1) is 24.4 Å². The predicted octanol–water partition coefficient (Wildman–Crippen LogP) is 0.576. The number of carbonyl (C=O) groups is 1. The van der Waals surface area contributed by atoms with Crippen molar-refractivity contribution in [3.63, 3.8) is 0 Å². The van der Waals surface area contributed by atoms with Crippen molar-refractivity contribution in [2.75, 3.05) is 49.5 Å². The number of carbonyl (C=O) groups excluding carboxylic acids is 1. The van der Waals surface area contributed by atoms with E-state index in [-0.39, 0.29) is 25.2 Å². The molecule has 0 spiro atoms. The number of anilines is 2. The molecular weight excluding hydrogens is 406 g/mol. The Morgan fingerprint density at radius 2 is 2.07 bits per heavy atom. The number of aromatic nitrogens is 1. The Kier molecular flexibility index (Phi) is 6.80. The molecule has 2 aliphatic heterocycles. The number of amides is 2. The molecule has 2 amide bonds. The maximum absolute atomic E-state index is 12.2. The topological polar surface area (TPSA) is 110 Å². The van der Waals surface area contributed by atoms with Crippen LogP contribution in [-0.4, -0.2) is 89.8 Å². The Balaban J connectivity index is 1.35. The number of piperazine rings is 1. The third kappa shape index (κ3) is 4.73. The van der Waals surface area contributed by atoms with Crippen LogP contribution in [-0.2, 0) is 4.74 Å². The van der Waals surface area contributed by atoms with Crippen molar-refractivity contribution in [3.8, 4) is 0 Å². The molecule has 2 fully saturated rings. The molecule has 0 bridgehead atoms. The van der Waals surface area contributed by atoms with Gasteiger partial charge in [-0.15, -0.1) is 0 Å². The molecule has 4 atom stereocenters. The summed E-state index contributed by atoms with van der Waals surface area (Å²) in [7, 11) is 0. The van der Waals surface area contributed by atoms with Crippen LogP contribution in [0.5, 0.6) is 0 Å². The zero-order valence-electron chi connectivity index (χ0n) is 16.6. The van der Waals surface area contributed by atoms with Crippen molar-refractivity contribution in [3.05, 3.63) is 41.2 Å². The van der Waals surface area contributed by atoms with Gasteiger partial charge in [0.1, 0.15) is 18.0 Å². The summed E-state index contributed by atoms with van der Waals surface area (Å²) >= 11 is 1.50. The fourth-order valence-corrected chi connectivity index (χ4v) is 4.68. The van der Waals surface area contributed by atoms with Crippen molar-refractivity contribution in [1.29, 1.82) is 0 Å². The maximum Gasteiger partial charge on any atom is 0.319 e. The summed E-state index contributed by atoms with van der Waals surface area (Å²) in [5.41, 5.74) is 0.736. The minimum Gasteiger partial charge on any atom is -0.394 e. The number of nitrogens with zero attached hydrogens (tertiary/aromatic N) is 3. The Bertz CT molecular complexity index is 801. The molecule has 4 unspecified atom stereocenters. The van der Waals surface area contributed by atoms with Gasteiger partial charge in [0.2, 0.25) is 0 Å². The van der Waals surface area contributed by atoms with Gasteiger partial charge in [-0.2, -0.15) is 11.3 Å². The number of pyridine rings is 1. The molecule has 0 aliphatic carbocycles. The molecule has 2 aromatic rings. The number of thiophene rings is 1. The van der Waals surface area contributed by atoms with E-state index in [1.165, 1.54) is 11.3 Å². The van der Waals surface area contributed by atoms with Crippen LogP contribution in [0.2, 0.25) is 0 Å². The highest BCUT2D eigenvalue weighted by molar-refractivity contribution is 7.08. The normalized spacial score (nSPS) is 27.2. The fourth-order valence-electron chi connectivity index (χ4n) is 4.09. The van der Waals surface area contributed by atoms with Crippen molar-refractivity contribution in [2.24, 2.45) is 0 Å². The lowest BCUT2D eigenvalue weighted by Crippen LogP contribution is -2.57. The second-order valence-electron chi connectivity index (χ2n) is 7.43. The third-order valence-corrected chi connectivity index (χ3v) is 6.28. The first-order valence-corrected chi connectivity index (χ1v) is 11.0. The van der Waals surface area contributed by atoms with Gasteiger partial charge in [-0.05, 0) is 23.6 Å². The minimum atomic E-state index is -0.817. The largest absolute Gasteiger partial charge is 0.394 e. The van der Waals surface area contributed by atoms with Crippen molar-refractivity contribution >= 4 is 28.9 Å². The van der Waals surface area contributed by atoms with Crippen LogP contribution in [0.1, 0.15) is 0 Å². The molecule has 2 aromatic heterocycles. The van der Waals surface area contributed by atoms with E-state index in [0.717, 1.165) is 37.7 Å². The van der Waals surface area contributed by atoms with Gasteiger partial charge < -0.3 is 30.5 Å². The molecule has 9 nitrogen and oxygen atoms in total. The monoisotopic (exact) mass is 433 g/mol. The molecule has 4 rings (SSSR count).